The molecule has 3 aromatic rings. The predicted molar refractivity (Wildman–Crippen MR) is 127 cm³/mol. The Morgan fingerprint density at radius 3 is 2.55 bits per heavy atom. The Hall–Kier alpha value is -2.40. The molecule has 0 unspecified atom stereocenters. The van der Waals surface area contributed by atoms with Crippen molar-refractivity contribution in [3.8, 4) is 0 Å². The Labute approximate surface area is 197 Å². The van der Waals surface area contributed by atoms with Gasteiger partial charge in [-0.1, -0.05) is 31.6 Å². The van der Waals surface area contributed by atoms with Crippen molar-refractivity contribution >= 4 is 37.5 Å². The van der Waals surface area contributed by atoms with E-state index < -0.39 is 15.9 Å². The molecule has 0 fully saturated rings. The minimum atomic E-state index is -3.62. The van der Waals surface area contributed by atoms with Crippen LogP contribution in [0.3, 0.4) is 0 Å². The summed E-state index contributed by atoms with van der Waals surface area (Å²) in [5.41, 5.74) is 1.03. The lowest BCUT2D eigenvalue weighted by molar-refractivity contribution is 0.0997. The lowest BCUT2D eigenvalue weighted by Crippen LogP contribution is -2.31. The number of carbonyl (C=O) groups excluding carboxylic acids is 1. The number of methoxy groups -OCH3 is 1. The molecule has 1 amide bonds. The number of hydrogen-bond acceptors (Lipinski definition) is 5. The lowest BCUT2D eigenvalue weighted by Gasteiger charge is -2.20. The van der Waals surface area contributed by atoms with Crippen molar-refractivity contribution < 1.29 is 22.3 Å². The monoisotopic (exact) mass is 493 g/mol. The van der Waals surface area contributed by atoms with E-state index in [1.165, 1.54) is 52.0 Å². The number of thiazole rings is 1. The Bertz CT molecular complexity index is 1280. The van der Waals surface area contributed by atoms with Gasteiger partial charge in [0.15, 0.2) is 4.80 Å². The molecule has 2 aromatic carbocycles. The van der Waals surface area contributed by atoms with Crippen molar-refractivity contribution in [3.63, 3.8) is 0 Å². The van der Waals surface area contributed by atoms with Gasteiger partial charge in [0.2, 0.25) is 10.0 Å². The number of hydrogen-bond donors (Lipinski definition) is 0. The molecule has 178 valence electrons. The first-order valence-electron chi connectivity index (χ1n) is 10.8. The number of amides is 1. The first kappa shape index (κ1) is 25.2. The Kier molecular flexibility index (Phi) is 8.52. The molecule has 0 saturated carbocycles. The molecule has 33 heavy (non-hydrogen) atoms. The van der Waals surface area contributed by atoms with E-state index in [1.54, 1.807) is 20.1 Å². The van der Waals surface area contributed by atoms with Crippen molar-refractivity contribution in [1.29, 1.82) is 0 Å². The molecular weight excluding hydrogens is 465 g/mol. The summed E-state index contributed by atoms with van der Waals surface area (Å²) in [5.74, 6) is -0.868. The van der Waals surface area contributed by atoms with Crippen LogP contribution in [0.4, 0.5) is 4.39 Å². The number of aromatic nitrogens is 1. The zero-order valence-electron chi connectivity index (χ0n) is 19.0. The van der Waals surface area contributed by atoms with Gasteiger partial charge in [-0.25, -0.2) is 12.8 Å². The maximum Gasteiger partial charge on any atom is 0.279 e. The smallest absolute Gasteiger partial charge is 0.279 e. The number of nitrogens with zero attached hydrogens (tertiary/aromatic N) is 3. The van der Waals surface area contributed by atoms with Gasteiger partial charge in [-0.15, -0.1) is 0 Å². The highest BCUT2D eigenvalue weighted by Gasteiger charge is 2.22. The van der Waals surface area contributed by atoms with E-state index in [9.17, 15) is 17.6 Å². The normalized spacial score (nSPS) is 12.7. The van der Waals surface area contributed by atoms with Crippen LogP contribution < -0.4 is 4.80 Å². The van der Waals surface area contributed by atoms with Gasteiger partial charge in [0.1, 0.15) is 5.82 Å². The molecule has 0 aliphatic rings. The molecule has 0 aliphatic heterocycles. The number of rotatable bonds is 10. The number of carbonyl (C=O) groups is 1. The summed E-state index contributed by atoms with van der Waals surface area (Å²) >= 11 is 1.21. The van der Waals surface area contributed by atoms with Crippen LogP contribution in [0, 0.1) is 5.82 Å². The molecule has 3 rings (SSSR count). The van der Waals surface area contributed by atoms with Crippen LogP contribution in [0.5, 0.6) is 0 Å². The third-order valence-electron chi connectivity index (χ3n) is 5.21. The Balaban J connectivity index is 1.93. The molecule has 0 saturated heterocycles. The summed E-state index contributed by atoms with van der Waals surface area (Å²) in [4.78, 5) is 17.6. The van der Waals surface area contributed by atoms with Crippen LogP contribution in [0.1, 0.15) is 37.0 Å². The van der Waals surface area contributed by atoms with E-state index in [-0.39, 0.29) is 16.3 Å². The molecule has 0 bridgehead atoms. The summed E-state index contributed by atoms with van der Waals surface area (Å²) in [5, 5.41) is 0. The largest absolute Gasteiger partial charge is 0.383 e. The second-order valence-electron chi connectivity index (χ2n) is 7.43. The fraction of sp³-hybridized carbons (Fsp3) is 0.391. The van der Waals surface area contributed by atoms with E-state index in [0.29, 0.717) is 35.7 Å². The molecule has 0 N–H and O–H groups in total. The van der Waals surface area contributed by atoms with Crippen molar-refractivity contribution in [3.05, 3.63) is 58.6 Å². The highest BCUT2D eigenvalue weighted by atomic mass is 32.2. The minimum absolute atomic E-state index is 0.143. The Morgan fingerprint density at radius 1 is 1.18 bits per heavy atom. The summed E-state index contributed by atoms with van der Waals surface area (Å²) in [6.45, 7) is 5.51. The van der Waals surface area contributed by atoms with Gasteiger partial charge in [0.25, 0.3) is 5.91 Å². The molecule has 10 heteroatoms. The number of halogens is 1. The maximum atomic E-state index is 13.7. The quantitative estimate of drug-likeness (QED) is 0.427. The number of unbranched alkanes of at least 4 members (excludes halogenated alkanes) is 1. The third kappa shape index (κ3) is 5.75. The number of benzene rings is 2. The number of ether oxygens (including phenoxy) is 1. The lowest BCUT2D eigenvalue weighted by atomic mass is 10.2. The molecule has 1 heterocycles. The van der Waals surface area contributed by atoms with Crippen LogP contribution in [-0.4, -0.2) is 50.0 Å². The van der Waals surface area contributed by atoms with Crippen LogP contribution in [0.2, 0.25) is 0 Å². The summed E-state index contributed by atoms with van der Waals surface area (Å²) < 4.78 is 48.5. The van der Waals surface area contributed by atoms with E-state index in [1.807, 2.05) is 11.5 Å². The van der Waals surface area contributed by atoms with Crippen molar-refractivity contribution in [1.82, 2.24) is 8.87 Å². The van der Waals surface area contributed by atoms with Gasteiger partial charge < -0.3 is 9.30 Å². The highest BCUT2D eigenvalue weighted by molar-refractivity contribution is 7.89. The maximum absolute atomic E-state index is 13.7. The molecule has 1 aromatic heterocycles. The van der Waals surface area contributed by atoms with E-state index in [4.69, 9.17) is 4.74 Å². The van der Waals surface area contributed by atoms with Gasteiger partial charge in [-0.05, 0) is 48.9 Å². The van der Waals surface area contributed by atoms with Crippen LogP contribution >= 0.6 is 11.3 Å². The first-order valence-corrected chi connectivity index (χ1v) is 13.0. The molecular formula is C23H28FN3O4S2. The van der Waals surface area contributed by atoms with Gasteiger partial charge in [0.05, 0.1) is 21.7 Å². The van der Waals surface area contributed by atoms with Crippen LogP contribution in [0.25, 0.3) is 10.2 Å². The van der Waals surface area contributed by atoms with Gasteiger partial charge in [-0.2, -0.15) is 9.30 Å². The van der Waals surface area contributed by atoms with Crippen LogP contribution in [-0.2, 0) is 21.3 Å². The second-order valence-corrected chi connectivity index (χ2v) is 10.4. The van der Waals surface area contributed by atoms with Gasteiger partial charge >= 0.3 is 0 Å². The highest BCUT2D eigenvalue weighted by Crippen LogP contribution is 2.20. The first-order chi connectivity index (χ1) is 15.8. The molecule has 0 spiro atoms. The van der Waals surface area contributed by atoms with Crippen LogP contribution in [0.15, 0.2) is 52.4 Å². The van der Waals surface area contributed by atoms with E-state index in [2.05, 4.69) is 4.99 Å². The molecule has 0 radical (unpaired) electrons. The summed E-state index contributed by atoms with van der Waals surface area (Å²) in [6, 6.07) is 10.2. The van der Waals surface area contributed by atoms with E-state index >= 15 is 0 Å². The Morgan fingerprint density at radius 2 is 1.91 bits per heavy atom. The second kappa shape index (κ2) is 11.1. The zero-order chi connectivity index (χ0) is 24.0. The van der Waals surface area contributed by atoms with Gasteiger partial charge in [0, 0.05) is 32.3 Å². The average molecular weight is 494 g/mol. The van der Waals surface area contributed by atoms with Crippen molar-refractivity contribution in [2.75, 3.05) is 26.8 Å². The SMILES string of the molecule is CCCCN(CC)S(=O)(=O)c1ccc(C(=O)N=c2sc3cc(F)ccc3n2CCOC)cc1. The minimum Gasteiger partial charge on any atom is -0.383 e. The molecule has 7 nitrogen and oxygen atoms in total. The molecule has 0 atom stereocenters. The summed E-state index contributed by atoms with van der Waals surface area (Å²) in [6.07, 6.45) is 1.68. The average Bonchev–Trinajstić information content (AvgIpc) is 3.13. The predicted octanol–water partition coefficient (Wildman–Crippen LogP) is 4.04. The van der Waals surface area contributed by atoms with Crippen molar-refractivity contribution in [2.24, 2.45) is 4.99 Å². The fourth-order valence-electron chi connectivity index (χ4n) is 3.38. The van der Waals surface area contributed by atoms with Crippen molar-refractivity contribution in [2.45, 2.75) is 38.1 Å². The molecule has 0 aliphatic carbocycles. The van der Waals surface area contributed by atoms with E-state index in [0.717, 1.165) is 18.4 Å². The third-order valence-corrected chi connectivity index (χ3v) is 8.24. The zero-order valence-corrected chi connectivity index (χ0v) is 20.6. The number of sulfonamides is 1. The van der Waals surface area contributed by atoms with Gasteiger partial charge in [-0.3, -0.25) is 4.79 Å². The standard InChI is InChI=1S/C23H28FN3O4S2/c1-4-6-13-26(5-2)33(29,30)19-10-7-17(8-11-19)22(28)25-23-27(14-15-31-3)20-12-9-18(24)16-21(20)32-23/h7-12,16H,4-6,13-15H2,1-3H3. The number of fused-ring (bicyclic) bond motifs is 1. The summed E-state index contributed by atoms with van der Waals surface area (Å²) in [7, 11) is -2.05. The fourth-order valence-corrected chi connectivity index (χ4v) is 5.95. The topological polar surface area (TPSA) is 81.0 Å².